The first-order chi connectivity index (χ1) is 8.06. The summed E-state index contributed by atoms with van der Waals surface area (Å²) in [5, 5.41) is 3.65. The van der Waals surface area contributed by atoms with Gasteiger partial charge < -0.3 is 10.2 Å². The van der Waals surface area contributed by atoms with Crippen molar-refractivity contribution in [3.8, 4) is 0 Å². The zero-order chi connectivity index (χ0) is 12.4. The maximum Gasteiger partial charge on any atom is 0.0391 e. The van der Waals surface area contributed by atoms with Crippen LogP contribution >= 0.6 is 0 Å². The van der Waals surface area contributed by atoms with Crippen molar-refractivity contribution in [3.05, 3.63) is 29.3 Å². The summed E-state index contributed by atoms with van der Waals surface area (Å²) in [6, 6.07) is 7.49. The lowest BCUT2D eigenvalue weighted by molar-refractivity contribution is 0.371. The van der Waals surface area contributed by atoms with Crippen LogP contribution in [0.25, 0.3) is 0 Å². The highest BCUT2D eigenvalue weighted by atomic mass is 15.1. The Balaban J connectivity index is 2.12. The third kappa shape index (κ3) is 3.01. The van der Waals surface area contributed by atoms with Crippen molar-refractivity contribution in [2.45, 2.75) is 38.6 Å². The fourth-order valence-corrected chi connectivity index (χ4v) is 2.52. The smallest absolute Gasteiger partial charge is 0.0391 e. The SMILES string of the molecule is CC(C)c1ccc2c(c1)CCC(CN(C)C)N2. The van der Waals surface area contributed by atoms with Crippen LogP contribution in [0.15, 0.2) is 18.2 Å². The van der Waals surface area contributed by atoms with Gasteiger partial charge in [0.15, 0.2) is 0 Å². The molecule has 0 spiro atoms. The molecule has 94 valence electrons. The van der Waals surface area contributed by atoms with Crippen LogP contribution in [0.1, 0.15) is 37.3 Å². The molecule has 1 atom stereocenters. The normalized spacial score (nSPS) is 19.3. The number of likely N-dealkylation sites (N-methyl/N-ethyl adjacent to an activating group) is 1. The highest BCUT2D eigenvalue weighted by Crippen LogP contribution is 2.28. The molecule has 0 aliphatic carbocycles. The zero-order valence-corrected chi connectivity index (χ0v) is 11.5. The van der Waals surface area contributed by atoms with Gasteiger partial charge in [0.2, 0.25) is 0 Å². The van der Waals surface area contributed by atoms with Crippen LogP contribution in [0.4, 0.5) is 5.69 Å². The largest absolute Gasteiger partial charge is 0.381 e. The van der Waals surface area contributed by atoms with Crippen LogP contribution in [0, 0.1) is 0 Å². The molecule has 1 aliphatic rings. The van der Waals surface area contributed by atoms with Gasteiger partial charge in [-0.25, -0.2) is 0 Å². The number of hydrogen-bond acceptors (Lipinski definition) is 2. The fourth-order valence-electron chi connectivity index (χ4n) is 2.52. The zero-order valence-electron chi connectivity index (χ0n) is 11.5. The summed E-state index contributed by atoms with van der Waals surface area (Å²) >= 11 is 0. The Labute approximate surface area is 105 Å². The van der Waals surface area contributed by atoms with Crippen LogP contribution in [-0.2, 0) is 6.42 Å². The van der Waals surface area contributed by atoms with E-state index in [0.29, 0.717) is 12.0 Å². The van der Waals surface area contributed by atoms with Crippen LogP contribution in [0.2, 0.25) is 0 Å². The Kier molecular flexibility index (Phi) is 3.72. The van der Waals surface area contributed by atoms with Crippen molar-refractivity contribution in [1.82, 2.24) is 4.90 Å². The summed E-state index contributed by atoms with van der Waals surface area (Å²) in [6.45, 7) is 5.63. The molecule has 0 fully saturated rings. The first-order valence-corrected chi connectivity index (χ1v) is 6.60. The monoisotopic (exact) mass is 232 g/mol. The second-order valence-corrected chi connectivity index (χ2v) is 5.71. The molecule has 1 N–H and O–H groups in total. The predicted octanol–water partition coefficient (Wildman–Crippen LogP) is 3.10. The standard InChI is InChI=1S/C15H24N2/c1-11(2)12-6-8-15-13(9-12)5-7-14(16-15)10-17(3)4/h6,8-9,11,14,16H,5,7,10H2,1-4H3. The number of anilines is 1. The third-order valence-corrected chi connectivity index (χ3v) is 3.50. The molecule has 2 nitrogen and oxygen atoms in total. The maximum absolute atomic E-state index is 3.65. The van der Waals surface area contributed by atoms with Gasteiger partial charge in [0.1, 0.15) is 0 Å². The summed E-state index contributed by atoms with van der Waals surface area (Å²) in [4.78, 5) is 2.26. The minimum Gasteiger partial charge on any atom is -0.381 e. The second kappa shape index (κ2) is 5.09. The van der Waals surface area contributed by atoms with E-state index in [9.17, 15) is 0 Å². The molecule has 0 aromatic heterocycles. The maximum atomic E-state index is 3.65. The Bertz CT molecular complexity index is 383. The van der Waals surface area contributed by atoms with Crippen molar-refractivity contribution in [2.75, 3.05) is 26.0 Å². The molecule has 1 aromatic carbocycles. The molecule has 1 heterocycles. The average Bonchev–Trinajstić information content (AvgIpc) is 2.27. The summed E-state index contributed by atoms with van der Waals surface area (Å²) in [5.74, 6) is 0.625. The van der Waals surface area contributed by atoms with E-state index >= 15 is 0 Å². The van der Waals surface area contributed by atoms with Gasteiger partial charge in [-0.1, -0.05) is 26.0 Å². The second-order valence-electron chi connectivity index (χ2n) is 5.71. The lowest BCUT2D eigenvalue weighted by atomic mass is 9.93. The highest BCUT2D eigenvalue weighted by Gasteiger charge is 2.18. The minimum atomic E-state index is 0.599. The Morgan fingerprint density at radius 1 is 1.35 bits per heavy atom. The first kappa shape index (κ1) is 12.4. The molecule has 1 aromatic rings. The molecule has 0 saturated heterocycles. The molecule has 1 unspecified atom stereocenters. The van der Waals surface area contributed by atoms with Gasteiger partial charge in [-0.2, -0.15) is 0 Å². The summed E-state index contributed by atoms with van der Waals surface area (Å²) in [5.41, 5.74) is 4.29. The molecule has 0 radical (unpaired) electrons. The van der Waals surface area contributed by atoms with E-state index in [0.717, 1.165) is 6.54 Å². The third-order valence-electron chi connectivity index (χ3n) is 3.50. The summed E-state index contributed by atoms with van der Waals surface area (Å²) < 4.78 is 0. The van der Waals surface area contributed by atoms with Gasteiger partial charge in [-0.05, 0) is 50.0 Å². The van der Waals surface area contributed by atoms with Crippen molar-refractivity contribution < 1.29 is 0 Å². The van der Waals surface area contributed by atoms with Crippen molar-refractivity contribution in [3.63, 3.8) is 0 Å². The number of nitrogens with one attached hydrogen (secondary N) is 1. The van der Waals surface area contributed by atoms with Crippen molar-refractivity contribution in [2.24, 2.45) is 0 Å². The van der Waals surface area contributed by atoms with Gasteiger partial charge in [0, 0.05) is 18.3 Å². The highest BCUT2D eigenvalue weighted by molar-refractivity contribution is 5.55. The molecule has 1 aliphatic heterocycles. The molecule has 17 heavy (non-hydrogen) atoms. The molecule has 0 saturated carbocycles. The quantitative estimate of drug-likeness (QED) is 0.861. The number of fused-ring (bicyclic) bond motifs is 1. The summed E-state index contributed by atoms with van der Waals surface area (Å²) in [7, 11) is 4.28. The van der Waals surface area contributed by atoms with E-state index in [1.165, 1.54) is 29.7 Å². The average molecular weight is 232 g/mol. The van der Waals surface area contributed by atoms with Gasteiger partial charge in [-0.15, -0.1) is 0 Å². The molecular weight excluding hydrogens is 208 g/mol. The van der Waals surface area contributed by atoms with Crippen molar-refractivity contribution >= 4 is 5.69 Å². The number of nitrogens with zero attached hydrogens (tertiary/aromatic N) is 1. The number of hydrogen-bond donors (Lipinski definition) is 1. The molecule has 2 heteroatoms. The topological polar surface area (TPSA) is 15.3 Å². The van der Waals surface area contributed by atoms with E-state index in [1.807, 2.05) is 0 Å². The van der Waals surface area contributed by atoms with Crippen LogP contribution < -0.4 is 5.32 Å². The van der Waals surface area contributed by atoms with E-state index in [4.69, 9.17) is 0 Å². The van der Waals surface area contributed by atoms with Gasteiger partial charge in [-0.3, -0.25) is 0 Å². The molecule has 0 bridgehead atoms. The van der Waals surface area contributed by atoms with Crippen LogP contribution in [-0.4, -0.2) is 31.6 Å². The van der Waals surface area contributed by atoms with Gasteiger partial charge in [0.25, 0.3) is 0 Å². The Morgan fingerprint density at radius 3 is 2.76 bits per heavy atom. The van der Waals surface area contributed by atoms with Crippen LogP contribution in [0.5, 0.6) is 0 Å². The predicted molar refractivity (Wildman–Crippen MR) is 74.8 cm³/mol. The molecule has 0 amide bonds. The molecule has 2 rings (SSSR count). The number of benzene rings is 1. The van der Waals surface area contributed by atoms with Gasteiger partial charge >= 0.3 is 0 Å². The Hall–Kier alpha value is -1.02. The Morgan fingerprint density at radius 2 is 2.12 bits per heavy atom. The van der Waals surface area contributed by atoms with E-state index < -0.39 is 0 Å². The van der Waals surface area contributed by atoms with Gasteiger partial charge in [0.05, 0.1) is 0 Å². The number of aryl methyl sites for hydroxylation is 1. The summed E-state index contributed by atoms with van der Waals surface area (Å²) in [6.07, 6.45) is 2.45. The van der Waals surface area contributed by atoms with Crippen LogP contribution in [0.3, 0.4) is 0 Å². The van der Waals surface area contributed by atoms with E-state index in [2.05, 4.69) is 56.4 Å². The molecular formula is C15H24N2. The van der Waals surface area contributed by atoms with Crippen molar-refractivity contribution in [1.29, 1.82) is 0 Å². The lowest BCUT2D eigenvalue weighted by Crippen LogP contribution is -2.35. The van der Waals surface area contributed by atoms with E-state index in [-0.39, 0.29) is 0 Å². The number of rotatable bonds is 3. The fraction of sp³-hybridized carbons (Fsp3) is 0.600. The minimum absolute atomic E-state index is 0.599. The lowest BCUT2D eigenvalue weighted by Gasteiger charge is -2.29. The van der Waals surface area contributed by atoms with E-state index in [1.54, 1.807) is 0 Å². The first-order valence-electron chi connectivity index (χ1n) is 6.60.